The number of hydrogen-bond donors (Lipinski definition) is 0. The van der Waals surface area contributed by atoms with Crippen molar-refractivity contribution in [1.82, 2.24) is 0 Å². The molecule has 182 valence electrons. The Morgan fingerprint density at radius 1 is 0.667 bits per heavy atom. The summed E-state index contributed by atoms with van der Waals surface area (Å²) in [5.74, 6) is 0.822. The van der Waals surface area contributed by atoms with Crippen LogP contribution in [0, 0.1) is 33.6 Å². The van der Waals surface area contributed by atoms with Gasteiger partial charge < -0.3 is 0 Å². The van der Waals surface area contributed by atoms with E-state index in [2.05, 4.69) is 113 Å². The highest BCUT2D eigenvalue weighted by atomic mass is 31.1. The van der Waals surface area contributed by atoms with Gasteiger partial charge in [-0.3, -0.25) is 0 Å². The lowest BCUT2D eigenvalue weighted by molar-refractivity contribution is 0.531. The van der Waals surface area contributed by atoms with Crippen LogP contribution in [0.2, 0.25) is 0 Å². The predicted octanol–water partition coefficient (Wildman–Crippen LogP) is 8.99. The summed E-state index contributed by atoms with van der Waals surface area (Å²) in [6, 6.07) is 14.6. The van der Waals surface area contributed by atoms with Gasteiger partial charge in [0.1, 0.15) is 0 Å². The average Bonchev–Trinajstić information content (AvgIpc) is 3.06. The molecular formula is C31H48P2. The van der Waals surface area contributed by atoms with Gasteiger partial charge in [-0.25, -0.2) is 0 Å². The third-order valence-corrected chi connectivity index (χ3v) is 14.3. The van der Waals surface area contributed by atoms with Crippen LogP contribution < -0.4 is 10.6 Å². The van der Waals surface area contributed by atoms with E-state index in [4.69, 9.17) is 0 Å². The Kier molecular flexibility index (Phi) is 8.24. The van der Waals surface area contributed by atoms with Crippen LogP contribution in [0.3, 0.4) is 0 Å². The van der Waals surface area contributed by atoms with E-state index in [9.17, 15) is 0 Å². The Morgan fingerprint density at radius 2 is 1.06 bits per heavy atom. The first-order valence-electron chi connectivity index (χ1n) is 12.9. The molecule has 0 unspecified atom stereocenters. The van der Waals surface area contributed by atoms with Crippen molar-refractivity contribution < 1.29 is 0 Å². The maximum absolute atomic E-state index is 2.61. The first-order valence-corrected chi connectivity index (χ1v) is 15.8. The standard InChI is InChI=1S/C31H48P2/c1-21-15-22(2)18-26(17-21)32(27-19-23(3)16-24(4)20-27)25(5)28-13-12-14-29(28)33(30(6,7)8)31(9,10)11/h15-20,25,28-29H,12-14H2,1-11H3/t25-,28+,29+/m1/s1. The molecular weight excluding hydrogens is 434 g/mol. The van der Waals surface area contributed by atoms with Crippen molar-refractivity contribution in [1.29, 1.82) is 0 Å². The molecule has 1 aliphatic rings. The molecule has 2 aromatic carbocycles. The summed E-state index contributed by atoms with van der Waals surface area (Å²) in [7, 11) is -0.493. The fourth-order valence-corrected chi connectivity index (χ4v) is 15.6. The highest BCUT2D eigenvalue weighted by molar-refractivity contribution is 7.73. The quantitative estimate of drug-likeness (QED) is 0.373. The van der Waals surface area contributed by atoms with Crippen molar-refractivity contribution in [2.75, 3.05) is 0 Å². The highest BCUT2D eigenvalue weighted by Crippen LogP contribution is 2.68. The first kappa shape index (κ1) is 26.9. The van der Waals surface area contributed by atoms with Crippen molar-refractivity contribution in [3.05, 3.63) is 58.7 Å². The minimum Gasteiger partial charge on any atom is -0.0921 e. The van der Waals surface area contributed by atoms with Crippen LogP contribution in [-0.2, 0) is 0 Å². The van der Waals surface area contributed by atoms with E-state index in [1.807, 2.05) is 0 Å². The van der Waals surface area contributed by atoms with E-state index >= 15 is 0 Å². The molecule has 0 saturated heterocycles. The van der Waals surface area contributed by atoms with Gasteiger partial charge in [-0.15, -0.1) is 0 Å². The molecule has 3 rings (SSSR count). The van der Waals surface area contributed by atoms with Crippen molar-refractivity contribution in [3.63, 3.8) is 0 Å². The predicted molar refractivity (Wildman–Crippen MR) is 155 cm³/mol. The van der Waals surface area contributed by atoms with Crippen LogP contribution in [0.15, 0.2) is 36.4 Å². The van der Waals surface area contributed by atoms with Gasteiger partial charge >= 0.3 is 0 Å². The van der Waals surface area contributed by atoms with Crippen LogP contribution >= 0.6 is 15.8 Å². The van der Waals surface area contributed by atoms with Crippen molar-refractivity contribution in [2.45, 2.75) is 117 Å². The molecule has 1 aliphatic carbocycles. The maximum atomic E-state index is 2.61. The maximum Gasteiger partial charge on any atom is -0.0123 e. The minimum absolute atomic E-state index is 0.0927. The van der Waals surface area contributed by atoms with Crippen molar-refractivity contribution in [2.24, 2.45) is 5.92 Å². The third kappa shape index (κ3) is 6.30. The van der Waals surface area contributed by atoms with Gasteiger partial charge in [-0.05, 0) is 86.6 Å². The zero-order valence-corrected chi connectivity index (χ0v) is 25.0. The van der Waals surface area contributed by atoms with Crippen LogP contribution in [0.4, 0.5) is 0 Å². The average molecular weight is 483 g/mol. The number of benzene rings is 2. The van der Waals surface area contributed by atoms with E-state index in [-0.39, 0.29) is 7.92 Å². The third-order valence-electron chi connectivity index (χ3n) is 7.30. The zero-order chi connectivity index (χ0) is 24.7. The van der Waals surface area contributed by atoms with E-state index in [1.54, 1.807) is 10.6 Å². The summed E-state index contributed by atoms with van der Waals surface area (Å²) in [4.78, 5) is 0. The Balaban J connectivity index is 2.11. The molecule has 1 fully saturated rings. The Morgan fingerprint density at radius 3 is 1.42 bits per heavy atom. The minimum atomic E-state index is -0.401. The normalized spacial score (nSPS) is 20.6. The summed E-state index contributed by atoms with van der Waals surface area (Å²) in [6.45, 7) is 26.8. The Bertz CT molecular complexity index is 854. The SMILES string of the molecule is Cc1cc(C)cc(P(c2cc(C)cc(C)c2)[C@H](C)[C@@H]2CCC[C@@H]2P(C(C)(C)C)C(C)(C)C)c1. The summed E-state index contributed by atoms with van der Waals surface area (Å²) in [5, 5.41) is 3.95. The molecule has 2 aromatic rings. The summed E-state index contributed by atoms with van der Waals surface area (Å²) < 4.78 is 0. The first-order chi connectivity index (χ1) is 15.2. The largest absolute Gasteiger partial charge is 0.0921 e. The molecule has 33 heavy (non-hydrogen) atoms. The van der Waals surface area contributed by atoms with Gasteiger partial charge in [0.25, 0.3) is 0 Å². The Labute approximate surface area is 207 Å². The molecule has 0 amide bonds. The lowest BCUT2D eigenvalue weighted by Gasteiger charge is -2.49. The van der Waals surface area contributed by atoms with Gasteiger partial charge in [0.15, 0.2) is 0 Å². The highest BCUT2D eigenvalue weighted by Gasteiger charge is 2.47. The second kappa shape index (κ2) is 10.1. The molecule has 0 aromatic heterocycles. The summed E-state index contributed by atoms with van der Waals surface area (Å²) >= 11 is 0. The van der Waals surface area contributed by atoms with E-state index < -0.39 is 7.92 Å². The monoisotopic (exact) mass is 482 g/mol. The fraction of sp³-hybridized carbons (Fsp3) is 0.613. The molecule has 1 saturated carbocycles. The van der Waals surface area contributed by atoms with E-state index in [1.165, 1.54) is 41.5 Å². The fourth-order valence-electron chi connectivity index (χ4n) is 6.84. The number of aryl methyl sites for hydroxylation is 4. The molecule has 0 spiro atoms. The van der Waals surface area contributed by atoms with Gasteiger partial charge in [0, 0.05) is 0 Å². The molecule has 0 aliphatic heterocycles. The van der Waals surface area contributed by atoms with Gasteiger partial charge in [-0.1, -0.05) is 121 Å². The molecule has 0 bridgehead atoms. The molecule has 0 radical (unpaired) electrons. The number of hydrogen-bond acceptors (Lipinski definition) is 0. The lowest BCUT2D eigenvalue weighted by Crippen LogP contribution is -2.37. The van der Waals surface area contributed by atoms with Crippen LogP contribution in [0.25, 0.3) is 0 Å². The van der Waals surface area contributed by atoms with Crippen LogP contribution in [0.1, 0.15) is 90.0 Å². The smallest absolute Gasteiger partial charge is 0.0123 e. The van der Waals surface area contributed by atoms with Crippen LogP contribution in [0.5, 0.6) is 0 Å². The van der Waals surface area contributed by atoms with E-state index in [0.29, 0.717) is 16.0 Å². The number of rotatable bonds is 5. The molecule has 2 heteroatoms. The summed E-state index contributed by atoms with van der Waals surface area (Å²) in [5.41, 5.74) is 7.20. The van der Waals surface area contributed by atoms with Crippen LogP contribution in [-0.4, -0.2) is 21.6 Å². The van der Waals surface area contributed by atoms with Gasteiger partial charge in [0.05, 0.1) is 0 Å². The summed E-state index contributed by atoms with van der Waals surface area (Å²) in [6.07, 6.45) is 4.25. The van der Waals surface area contributed by atoms with E-state index in [0.717, 1.165) is 11.6 Å². The van der Waals surface area contributed by atoms with Gasteiger partial charge in [-0.2, -0.15) is 0 Å². The van der Waals surface area contributed by atoms with Gasteiger partial charge in [0.2, 0.25) is 0 Å². The molecule has 0 heterocycles. The van der Waals surface area contributed by atoms with Crippen molar-refractivity contribution in [3.8, 4) is 0 Å². The second-order valence-corrected chi connectivity index (χ2v) is 19.4. The molecule has 0 N–H and O–H groups in total. The lowest BCUT2D eigenvalue weighted by atomic mass is 10.0. The molecule has 0 nitrogen and oxygen atoms in total. The zero-order valence-electron chi connectivity index (χ0n) is 23.2. The Hall–Kier alpha value is -0.700. The second-order valence-electron chi connectivity index (χ2n) is 12.7. The van der Waals surface area contributed by atoms with Crippen molar-refractivity contribution >= 4 is 26.5 Å². The molecule has 3 atom stereocenters. The topological polar surface area (TPSA) is 0 Å².